The largest absolute Gasteiger partial charge is 0.487 e. The number of pyridine rings is 1. The smallest absolute Gasteiger partial charge is 0.127 e. The van der Waals surface area contributed by atoms with Gasteiger partial charge < -0.3 is 15.2 Å². The Morgan fingerprint density at radius 2 is 2.20 bits per heavy atom. The molecule has 3 rings (SSSR count). The first-order valence-electron chi connectivity index (χ1n) is 8.69. The minimum atomic E-state index is -0.367. The molecule has 0 aliphatic carbocycles. The van der Waals surface area contributed by atoms with Crippen molar-refractivity contribution in [3.8, 4) is 5.75 Å². The first-order chi connectivity index (χ1) is 12.0. The molecule has 2 unspecified atom stereocenters. The van der Waals surface area contributed by atoms with E-state index in [4.69, 9.17) is 4.74 Å². The van der Waals surface area contributed by atoms with Crippen LogP contribution in [-0.4, -0.2) is 28.8 Å². The summed E-state index contributed by atoms with van der Waals surface area (Å²) < 4.78 is 19.5. The number of benzene rings is 1. The number of nitrogens with one attached hydrogen (secondary N) is 1. The van der Waals surface area contributed by atoms with Gasteiger partial charge in [0.05, 0.1) is 0 Å². The van der Waals surface area contributed by atoms with E-state index >= 15 is 0 Å². The number of aromatic nitrogens is 1. The van der Waals surface area contributed by atoms with Gasteiger partial charge in [-0.15, -0.1) is 0 Å². The van der Waals surface area contributed by atoms with E-state index in [1.54, 1.807) is 12.3 Å². The number of aliphatic hydroxyl groups is 1. The molecule has 2 N–H and O–H groups in total. The molecule has 1 aromatic carbocycles. The van der Waals surface area contributed by atoms with Gasteiger partial charge >= 0.3 is 0 Å². The molecule has 4 nitrogen and oxygen atoms in total. The third-order valence-corrected chi connectivity index (χ3v) is 4.57. The molecule has 134 valence electrons. The molecule has 25 heavy (non-hydrogen) atoms. The average molecular weight is 344 g/mol. The predicted molar refractivity (Wildman–Crippen MR) is 95.0 cm³/mol. The second-order valence-corrected chi connectivity index (χ2v) is 7.28. The number of hydrogen-bond donors (Lipinski definition) is 2. The highest BCUT2D eigenvalue weighted by Gasteiger charge is 2.34. The topological polar surface area (TPSA) is 54.4 Å². The van der Waals surface area contributed by atoms with Gasteiger partial charge in [0.15, 0.2) is 0 Å². The minimum absolute atomic E-state index is 0.0668. The Labute approximate surface area is 148 Å². The molecular weight excluding hydrogens is 319 g/mol. The quantitative estimate of drug-likeness (QED) is 0.844. The van der Waals surface area contributed by atoms with E-state index in [1.807, 2.05) is 32.0 Å². The maximum Gasteiger partial charge on any atom is 0.127 e. The van der Waals surface area contributed by atoms with Crippen LogP contribution >= 0.6 is 0 Å². The van der Waals surface area contributed by atoms with Gasteiger partial charge in [-0.2, -0.15) is 0 Å². The van der Waals surface area contributed by atoms with Gasteiger partial charge in [-0.25, -0.2) is 4.39 Å². The molecule has 0 bridgehead atoms. The average Bonchev–Trinajstić information content (AvgIpc) is 2.57. The lowest BCUT2D eigenvalue weighted by Gasteiger charge is -2.38. The van der Waals surface area contributed by atoms with Gasteiger partial charge in [0.1, 0.15) is 17.2 Å². The first-order valence-corrected chi connectivity index (χ1v) is 8.69. The molecule has 0 spiro atoms. The second kappa shape index (κ2) is 7.50. The van der Waals surface area contributed by atoms with Crippen LogP contribution in [0, 0.1) is 11.7 Å². The Hall–Kier alpha value is -1.98. The fourth-order valence-electron chi connectivity index (χ4n) is 3.33. The van der Waals surface area contributed by atoms with Crippen molar-refractivity contribution in [2.75, 3.05) is 13.2 Å². The van der Waals surface area contributed by atoms with Crippen molar-refractivity contribution >= 4 is 0 Å². The minimum Gasteiger partial charge on any atom is -0.487 e. The molecule has 1 aliphatic heterocycles. The Bertz CT molecular complexity index is 706. The summed E-state index contributed by atoms with van der Waals surface area (Å²) in [5.41, 5.74) is 1.57. The summed E-state index contributed by atoms with van der Waals surface area (Å²) in [6.45, 7) is 4.76. The molecule has 0 saturated heterocycles. The van der Waals surface area contributed by atoms with Gasteiger partial charge in [-0.05, 0) is 44.4 Å². The van der Waals surface area contributed by atoms with Gasteiger partial charge in [-0.3, -0.25) is 4.98 Å². The number of aliphatic hydroxyl groups excluding tert-OH is 1. The van der Waals surface area contributed by atoms with Crippen LogP contribution in [-0.2, 0) is 6.42 Å². The zero-order chi connectivity index (χ0) is 17.9. The lowest BCUT2D eigenvalue weighted by Crippen LogP contribution is -2.41. The zero-order valence-corrected chi connectivity index (χ0v) is 14.7. The van der Waals surface area contributed by atoms with Gasteiger partial charge in [0, 0.05) is 49.1 Å². The van der Waals surface area contributed by atoms with E-state index in [-0.39, 0.29) is 30.0 Å². The predicted octanol–water partition coefficient (Wildman–Crippen LogP) is 3.26. The van der Waals surface area contributed by atoms with Crippen LogP contribution in [0.5, 0.6) is 5.75 Å². The maximum absolute atomic E-state index is 13.5. The summed E-state index contributed by atoms with van der Waals surface area (Å²) in [6, 6.07) is 10.6. The SMILES string of the molecule is CC1(C)CC(NCC(CO)Cc2ccccn2)c2ccc(F)cc2O1. The molecule has 5 heteroatoms. The fraction of sp³-hybridized carbons (Fsp3) is 0.450. The highest BCUT2D eigenvalue weighted by molar-refractivity contribution is 5.39. The molecule has 1 aromatic heterocycles. The van der Waals surface area contributed by atoms with Crippen LogP contribution in [0.25, 0.3) is 0 Å². The van der Waals surface area contributed by atoms with Crippen LogP contribution < -0.4 is 10.1 Å². The van der Waals surface area contributed by atoms with Crippen molar-refractivity contribution in [2.45, 2.75) is 38.3 Å². The number of hydrogen-bond acceptors (Lipinski definition) is 4. The standard InChI is InChI=1S/C20H25FN2O2/c1-20(2)11-18(17-7-6-15(21)10-19(17)25-20)23-12-14(13-24)9-16-5-3-4-8-22-16/h3-8,10,14,18,23-24H,9,11-13H2,1-2H3. The molecule has 2 heterocycles. The monoisotopic (exact) mass is 344 g/mol. The van der Waals surface area contributed by atoms with Crippen LogP contribution in [0.4, 0.5) is 4.39 Å². The van der Waals surface area contributed by atoms with E-state index in [0.717, 1.165) is 17.7 Å². The van der Waals surface area contributed by atoms with Crippen LogP contribution in [0.1, 0.15) is 37.6 Å². The van der Waals surface area contributed by atoms with Crippen molar-refractivity contribution in [1.82, 2.24) is 10.3 Å². The van der Waals surface area contributed by atoms with Crippen molar-refractivity contribution in [1.29, 1.82) is 0 Å². The molecule has 0 saturated carbocycles. The van der Waals surface area contributed by atoms with Gasteiger partial charge in [0.2, 0.25) is 0 Å². The molecule has 2 atom stereocenters. The fourth-order valence-corrected chi connectivity index (χ4v) is 3.33. The molecule has 1 aliphatic rings. The summed E-state index contributed by atoms with van der Waals surface area (Å²) >= 11 is 0. The summed E-state index contributed by atoms with van der Waals surface area (Å²) in [5.74, 6) is 0.377. The van der Waals surface area contributed by atoms with E-state index in [2.05, 4.69) is 10.3 Å². The Morgan fingerprint density at radius 1 is 1.36 bits per heavy atom. The lowest BCUT2D eigenvalue weighted by atomic mass is 9.89. The zero-order valence-electron chi connectivity index (χ0n) is 14.7. The van der Waals surface area contributed by atoms with Gasteiger partial charge in [-0.1, -0.05) is 12.1 Å². The second-order valence-electron chi connectivity index (χ2n) is 7.28. The summed E-state index contributed by atoms with van der Waals surface area (Å²) in [6.07, 6.45) is 3.27. The highest BCUT2D eigenvalue weighted by Crippen LogP contribution is 2.39. The van der Waals surface area contributed by atoms with Crippen molar-refractivity contribution in [3.05, 3.63) is 59.7 Å². The van der Waals surface area contributed by atoms with E-state index < -0.39 is 0 Å². The Morgan fingerprint density at radius 3 is 2.92 bits per heavy atom. The Balaban J connectivity index is 1.69. The summed E-state index contributed by atoms with van der Waals surface area (Å²) in [7, 11) is 0. The van der Waals surface area contributed by atoms with Crippen LogP contribution in [0.3, 0.4) is 0 Å². The van der Waals surface area contributed by atoms with E-state index in [1.165, 1.54) is 12.1 Å². The lowest BCUT2D eigenvalue weighted by molar-refractivity contribution is 0.0639. The van der Waals surface area contributed by atoms with Crippen molar-refractivity contribution in [2.24, 2.45) is 5.92 Å². The third-order valence-electron chi connectivity index (χ3n) is 4.57. The van der Waals surface area contributed by atoms with E-state index in [0.29, 0.717) is 18.7 Å². The number of nitrogens with zero attached hydrogens (tertiary/aromatic N) is 1. The molecule has 0 amide bonds. The summed E-state index contributed by atoms with van der Waals surface area (Å²) in [4.78, 5) is 4.33. The van der Waals surface area contributed by atoms with E-state index in [9.17, 15) is 9.50 Å². The normalized spacial score (nSPS) is 19.8. The molecule has 0 radical (unpaired) electrons. The molecule has 2 aromatic rings. The third kappa shape index (κ3) is 4.55. The maximum atomic E-state index is 13.5. The molecular formula is C20H25FN2O2. The first kappa shape index (κ1) is 17.8. The Kier molecular flexibility index (Phi) is 5.35. The highest BCUT2D eigenvalue weighted by atomic mass is 19.1. The molecule has 0 fully saturated rings. The van der Waals surface area contributed by atoms with Crippen molar-refractivity contribution in [3.63, 3.8) is 0 Å². The summed E-state index contributed by atoms with van der Waals surface area (Å²) in [5, 5.41) is 13.2. The van der Waals surface area contributed by atoms with Crippen molar-refractivity contribution < 1.29 is 14.2 Å². The van der Waals surface area contributed by atoms with Crippen LogP contribution in [0.2, 0.25) is 0 Å². The number of fused-ring (bicyclic) bond motifs is 1. The number of ether oxygens (including phenoxy) is 1. The number of rotatable bonds is 6. The van der Waals surface area contributed by atoms with Crippen LogP contribution in [0.15, 0.2) is 42.6 Å². The number of halogens is 1. The van der Waals surface area contributed by atoms with Gasteiger partial charge in [0.25, 0.3) is 0 Å².